The van der Waals surface area contributed by atoms with Crippen molar-refractivity contribution < 1.29 is 13.3 Å². The lowest BCUT2D eigenvalue weighted by atomic mass is 9.99. The summed E-state index contributed by atoms with van der Waals surface area (Å²) in [6, 6.07) is 0. The number of hydrogen-bond donors (Lipinski definition) is 0. The zero-order valence-corrected chi connectivity index (χ0v) is 34.2. The first kappa shape index (κ1) is 38.8. The highest BCUT2D eigenvalue weighted by molar-refractivity contribution is 6.75. The fourth-order valence-electron chi connectivity index (χ4n) is 4.15. The lowest BCUT2D eigenvalue weighted by Gasteiger charge is -2.42. The molecule has 0 saturated heterocycles. The summed E-state index contributed by atoms with van der Waals surface area (Å²) in [6.07, 6.45) is 5.40. The predicted molar refractivity (Wildman–Crippen MR) is 193 cm³/mol. The first-order valence-corrected chi connectivity index (χ1v) is 25.0. The third kappa shape index (κ3) is 8.91. The van der Waals surface area contributed by atoms with E-state index < -0.39 is 25.0 Å². The molecular weight excluding hydrogens is 601 g/mol. The van der Waals surface area contributed by atoms with Crippen LogP contribution in [0.4, 0.5) is 0 Å². The van der Waals surface area contributed by atoms with Gasteiger partial charge in [-0.3, -0.25) is 9.13 Å². The summed E-state index contributed by atoms with van der Waals surface area (Å²) in [5, 5.41) is 0.271. The molecule has 0 unspecified atom stereocenters. The van der Waals surface area contributed by atoms with Gasteiger partial charge in [0.05, 0.1) is 18.6 Å². The number of imidazole rings is 1. The van der Waals surface area contributed by atoms with Crippen LogP contribution in [-0.4, -0.2) is 50.7 Å². The standard InChI is InChI=1S/C33H64N4O4Si3/c1-25(2)33(10,11)44(16,17)39-21-26(3)19-18-20-27-28-29(36(22-34-28)23-40-42(12,13)31(4,5)6)35-30(38)37(27)24-41-43(14,15)32(7,8)9/h19,22,25H,18,20-21,23-24H2,1-17H3/b26-19+. The van der Waals surface area contributed by atoms with Gasteiger partial charge in [0, 0.05) is 0 Å². The molecule has 0 atom stereocenters. The van der Waals surface area contributed by atoms with Gasteiger partial charge in [-0.2, -0.15) is 4.98 Å². The lowest BCUT2D eigenvalue weighted by molar-refractivity contribution is 0.203. The monoisotopic (exact) mass is 664 g/mol. The van der Waals surface area contributed by atoms with Crippen LogP contribution in [0.1, 0.15) is 88.3 Å². The summed E-state index contributed by atoms with van der Waals surface area (Å²) in [5.41, 5.74) is 3.05. The van der Waals surface area contributed by atoms with Crippen molar-refractivity contribution in [1.29, 1.82) is 0 Å². The van der Waals surface area contributed by atoms with Crippen molar-refractivity contribution in [2.24, 2.45) is 5.92 Å². The Morgan fingerprint density at radius 1 is 0.864 bits per heavy atom. The number of aryl methyl sites for hydroxylation is 1. The van der Waals surface area contributed by atoms with Gasteiger partial charge in [0.1, 0.15) is 19.0 Å². The highest BCUT2D eigenvalue weighted by Crippen LogP contribution is 2.44. The number of hydrogen-bond acceptors (Lipinski definition) is 6. The van der Waals surface area contributed by atoms with Crippen molar-refractivity contribution >= 4 is 36.1 Å². The largest absolute Gasteiger partial charge is 0.413 e. The first-order valence-electron chi connectivity index (χ1n) is 16.3. The molecule has 2 rings (SSSR count). The second-order valence-electron chi connectivity index (χ2n) is 17.0. The van der Waals surface area contributed by atoms with Gasteiger partial charge in [-0.05, 0) is 80.1 Å². The molecule has 0 bridgehead atoms. The molecule has 0 radical (unpaired) electrons. The Kier molecular flexibility index (Phi) is 12.1. The van der Waals surface area contributed by atoms with E-state index in [-0.39, 0.29) is 27.5 Å². The summed E-state index contributed by atoms with van der Waals surface area (Å²) >= 11 is 0. The summed E-state index contributed by atoms with van der Waals surface area (Å²) in [6.45, 7) is 39.3. The van der Waals surface area contributed by atoms with E-state index in [1.807, 2.05) is 4.57 Å². The predicted octanol–water partition coefficient (Wildman–Crippen LogP) is 9.09. The minimum atomic E-state index is -2.10. The molecule has 0 spiro atoms. The molecule has 8 nitrogen and oxygen atoms in total. The Hall–Kier alpha value is -1.38. The van der Waals surface area contributed by atoms with E-state index in [0.717, 1.165) is 17.6 Å². The van der Waals surface area contributed by atoms with Crippen LogP contribution < -0.4 is 5.69 Å². The summed E-state index contributed by atoms with van der Waals surface area (Å²) in [4.78, 5) is 22.9. The molecule has 2 heterocycles. The summed E-state index contributed by atoms with van der Waals surface area (Å²) in [5.74, 6) is 0.555. The number of aromatic nitrogens is 4. The molecule has 0 aromatic carbocycles. The highest BCUT2D eigenvalue weighted by Gasteiger charge is 2.43. The average Bonchev–Trinajstić information content (AvgIpc) is 3.26. The van der Waals surface area contributed by atoms with Gasteiger partial charge in [-0.15, -0.1) is 0 Å². The molecule has 0 aliphatic rings. The molecular formula is C33H64N4O4Si3. The van der Waals surface area contributed by atoms with Crippen molar-refractivity contribution in [2.75, 3.05) is 6.61 Å². The summed E-state index contributed by atoms with van der Waals surface area (Å²) < 4.78 is 23.1. The number of rotatable bonds is 14. The second-order valence-corrected chi connectivity index (χ2v) is 31.2. The Morgan fingerprint density at radius 2 is 1.39 bits per heavy atom. The minimum Gasteiger partial charge on any atom is -0.413 e. The Balaban J connectivity index is 2.41. The van der Waals surface area contributed by atoms with Crippen LogP contribution in [0, 0.1) is 5.92 Å². The summed E-state index contributed by atoms with van der Waals surface area (Å²) in [7, 11) is -6.02. The normalized spacial score (nSPS) is 14.7. The molecule has 0 fully saturated rings. The van der Waals surface area contributed by atoms with Crippen LogP contribution in [0.25, 0.3) is 11.2 Å². The highest BCUT2D eigenvalue weighted by atomic mass is 28.4. The van der Waals surface area contributed by atoms with Gasteiger partial charge in [-0.25, -0.2) is 9.78 Å². The fourth-order valence-corrected chi connectivity index (χ4v) is 8.28. The van der Waals surface area contributed by atoms with E-state index in [0.29, 0.717) is 31.3 Å². The maximum absolute atomic E-state index is 13.6. The van der Waals surface area contributed by atoms with Crippen LogP contribution in [0.15, 0.2) is 22.8 Å². The molecule has 11 heteroatoms. The maximum Gasteiger partial charge on any atom is 0.351 e. The van der Waals surface area contributed by atoms with E-state index in [1.54, 1.807) is 10.9 Å². The van der Waals surface area contributed by atoms with Crippen molar-refractivity contribution in [2.45, 2.75) is 157 Å². The SMILES string of the molecule is C/C(=C\CCc1c2ncn(CO[Si](C)(C)C(C)(C)C)c2nc(=O)n1CO[Si](C)(C)C(C)(C)C)CO[Si](C)(C)C(C)(C)C(C)C. The van der Waals surface area contributed by atoms with Crippen LogP contribution in [0.2, 0.25) is 54.4 Å². The van der Waals surface area contributed by atoms with Crippen LogP contribution in [-0.2, 0) is 33.2 Å². The van der Waals surface area contributed by atoms with Crippen molar-refractivity contribution in [3.8, 4) is 0 Å². The number of fused-ring (bicyclic) bond motifs is 1. The topological polar surface area (TPSA) is 80.4 Å². The molecule has 2 aromatic rings. The minimum absolute atomic E-state index is 0.0258. The Labute approximate surface area is 271 Å². The molecule has 44 heavy (non-hydrogen) atoms. The number of allylic oxidation sites excluding steroid dienone is 1. The quantitative estimate of drug-likeness (QED) is 0.148. The van der Waals surface area contributed by atoms with Crippen molar-refractivity contribution in [1.82, 2.24) is 19.1 Å². The van der Waals surface area contributed by atoms with E-state index in [4.69, 9.17) is 18.3 Å². The molecule has 2 aromatic heterocycles. The van der Waals surface area contributed by atoms with Crippen LogP contribution >= 0.6 is 0 Å². The zero-order chi connectivity index (χ0) is 34.1. The number of nitrogens with zero attached hydrogens (tertiary/aromatic N) is 4. The van der Waals surface area contributed by atoms with E-state index in [2.05, 4.69) is 127 Å². The maximum atomic E-state index is 13.6. The van der Waals surface area contributed by atoms with Crippen LogP contribution in [0.3, 0.4) is 0 Å². The van der Waals surface area contributed by atoms with Gasteiger partial charge < -0.3 is 13.3 Å². The second kappa shape index (κ2) is 13.8. The van der Waals surface area contributed by atoms with Crippen molar-refractivity contribution in [3.05, 3.63) is 34.2 Å². The fraction of sp³-hybridized carbons (Fsp3) is 0.788. The molecule has 0 amide bonds. The van der Waals surface area contributed by atoms with Gasteiger partial charge in [0.25, 0.3) is 0 Å². The van der Waals surface area contributed by atoms with Crippen molar-refractivity contribution in [3.63, 3.8) is 0 Å². The van der Waals surface area contributed by atoms with E-state index in [1.165, 1.54) is 5.57 Å². The van der Waals surface area contributed by atoms with Gasteiger partial charge in [0.2, 0.25) is 0 Å². The third-order valence-electron chi connectivity index (χ3n) is 11.1. The molecule has 252 valence electrons. The average molecular weight is 665 g/mol. The van der Waals surface area contributed by atoms with Gasteiger partial charge in [-0.1, -0.05) is 80.9 Å². The van der Waals surface area contributed by atoms with E-state index in [9.17, 15) is 4.79 Å². The molecule has 0 N–H and O–H groups in total. The molecule has 0 aliphatic heterocycles. The molecule has 0 aliphatic carbocycles. The lowest BCUT2D eigenvalue weighted by Crippen LogP contribution is -2.45. The van der Waals surface area contributed by atoms with Gasteiger partial charge in [0.15, 0.2) is 30.6 Å². The Bertz CT molecular complexity index is 1360. The van der Waals surface area contributed by atoms with E-state index >= 15 is 0 Å². The van der Waals surface area contributed by atoms with Crippen LogP contribution in [0.5, 0.6) is 0 Å². The third-order valence-corrected chi connectivity index (χ3v) is 24.6. The first-order chi connectivity index (χ1) is 19.7. The van der Waals surface area contributed by atoms with Gasteiger partial charge >= 0.3 is 5.69 Å². The zero-order valence-electron chi connectivity index (χ0n) is 31.2. The molecule has 0 saturated carbocycles. The smallest absolute Gasteiger partial charge is 0.351 e. The Morgan fingerprint density at radius 3 is 1.89 bits per heavy atom.